The van der Waals surface area contributed by atoms with Gasteiger partial charge in [-0.25, -0.2) is 4.39 Å². The number of hydrogen-bond acceptors (Lipinski definition) is 3. The van der Waals surface area contributed by atoms with E-state index in [1.807, 2.05) is 35.2 Å². The molecule has 4 nitrogen and oxygen atoms in total. The van der Waals surface area contributed by atoms with Gasteiger partial charge in [-0.05, 0) is 42.7 Å². The third-order valence-corrected chi connectivity index (χ3v) is 4.55. The summed E-state index contributed by atoms with van der Waals surface area (Å²) in [5.74, 6) is -0.255. The van der Waals surface area contributed by atoms with Gasteiger partial charge in [0.2, 0.25) is 0 Å². The van der Waals surface area contributed by atoms with E-state index in [9.17, 15) is 9.18 Å². The minimum Gasteiger partial charge on any atom is -0.380 e. The second-order valence-corrected chi connectivity index (χ2v) is 6.32. The predicted molar refractivity (Wildman–Crippen MR) is 96.3 cm³/mol. The minimum atomic E-state index is -0.193. The van der Waals surface area contributed by atoms with Gasteiger partial charge >= 0.3 is 0 Å². The molecule has 1 fully saturated rings. The smallest absolute Gasteiger partial charge is 0.251 e. The number of carbonyl (C=O) groups is 1. The first-order valence-electron chi connectivity index (χ1n) is 8.55. The fraction of sp³-hybridized carbons (Fsp3) is 0.350. The number of ether oxygens (including phenoxy) is 1. The van der Waals surface area contributed by atoms with Crippen LogP contribution in [0.2, 0.25) is 0 Å². The van der Waals surface area contributed by atoms with Crippen molar-refractivity contribution in [3.63, 3.8) is 0 Å². The zero-order valence-corrected chi connectivity index (χ0v) is 14.4. The van der Waals surface area contributed by atoms with Gasteiger partial charge in [0, 0.05) is 31.8 Å². The van der Waals surface area contributed by atoms with Crippen LogP contribution in [-0.2, 0) is 11.3 Å². The summed E-state index contributed by atoms with van der Waals surface area (Å²) >= 11 is 0. The molecule has 25 heavy (non-hydrogen) atoms. The SMILES string of the molecule is COCc1ccc(C(=O)NC2CCN(c3ccccc3F)CC2)cc1. The number of benzene rings is 2. The molecule has 1 N–H and O–H groups in total. The van der Waals surface area contributed by atoms with Gasteiger partial charge in [0.05, 0.1) is 12.3 Å². The van der Waals surface area contributed by atoms with E-state index < -0.39 is 0 Å². The van der Waals surface area contributed by atoms with Crippen molar-refractivity contribution in [1.82, 2.24) is 5.32 Å². The highest BCUT2D eigenvalue weighted by Crippen LogP contribution is 2.23. The Labute approximate surface area is 147 Å². The van der Waals surface area contributed by atoms with E-state index in [4.69, 9.17) is 4.74 Å². The number of amides is 1. The van der Waals surface area contributed by atoms with Crippen LogP contribution in [-0.4, -0.2) is 32.1 Å². The van der Waals surface area contributed by atoms with Crippen molar-refractivity contribution < 1.29 is 13.9 Å². The molecule has 0 unspecified atom stereocenters. The normalized spacial score (nSPS) is 15.2. The average molecular weight is 342 g/mol. The molecule has 0 bridgehead atoms. The van der Waals surface area contributed by atoms with E-state index >= 15 is 0 Å². The van der Waals surface area contributed by atoms with Gasteiger partial charge in [-0.3, -0.25) is 4.79 Å². The Hall–Kier alpha value is -2.40. The summed E-state index contributed by atoms with van der Waals surface area (Å²) in [6.07, 6.45) is 1.61. The standard InChI is InChI=1S/C20H23FN2O2/c1-25-14-15-6-8-16(9-7-15)20(24)22-17-10-12-23(13-11-17)19-5-3-2-4-18(19)21/h2-9,17H,10-14H2,1H3,(H,22,24). The van der Waals surface area contributed by atoms with Crippen molar-refractivity contribution >= 4 is 11.6 Å². The van der Waals surface area contributed by atoms with E-state index in [2.05, 4.69) is 5.32 Å². The van der Waals surface area contributed by atoms with Crippen LogP contribution in [0.15, 0.2) is 48.5 Å². The maximum absolute atomic E-state index is 13.9. The first kappa shape index (κ1) is 17.4. The molecule has 0 aromatic heterocycles. The van der Waals surface area contributed by atoms with E-state index in [0.717, 1.165) is 31.5 Å². The first-order chi connectivity index (χ1) is 12.2. The van der Waals surface area contributed by atoms with Gasteiger partial charge in [0.15, 0.2) is 0 Å². The summed E-state index contributed by atoms with van der Waals surface area (Å²) in [4.78, 5) is 14.4. The number of carbonyl (C=O) groups excluding carboxylic acids is 1. The Bertz CT molecular complexity index is 710. The molecule has 0 atom stereocenters. The lowest BCUT2D eigenvalue weighted by Crippen LogP contribution is -2.45. The number of hydrogen-bond donors (Lipinski definition) is 1. The molecule has 1 heterocycles. The maximum atomic E-state index is 13.9. The topological polar surface area (TPSA) is 41.6 Å². The van der Waals surface area contributed by atoms with E-state index in [0.29, 0.717) is 17.9 Å². The molecule has 1 amide bonds. The lowest BCUT2D eigenvalue weighted by atomic mass is 10.0. The highest BCUT2D eigenvalue weighted by atomic mass is 19.1. The fourth-order valence-corrected chi connectivity index (χ4v) is 3.16. The quantitative estimate of drug-likeness (QED) is 0.906. The third-order valence-electron chi connectivity index (χ3n) is 4.55. The minimum absolute atomic E-state index is 0.0618. The van der Waals surface area contributed by atoms with E-state index in [-0.39, 0.29) is 17.8 Å². The van der Waals surface area contributed by atoms with Crippen LogP contribution < -0.4 is 10.2 Å². The second-order valence-electron chi connectivity index (χ2n) is 6.32. The second kappa shape index (κ2) is 8.12. The van der Waals surface area contributed by atoms with Crippen molar-refractivity contribution in [2.45, 2.75) is 25.5 Å². The Morgan fingerprint density at radius 1 is 1.16 bits per heavy atom. The van der Waals surface area contributed by atoms with Gasteiger partial charge in [-0.1, -0.05) is 24.3 Å². The van der Waals surface area contributed by atoms with Crippen molar-refractivity contribution in [2.24, 2.45) is 0 Å². The summed E-state index contributed by atoms with van der Waals surface area (Å²) in [6, 6.07) is 14.4. The van der Waals surface area contributed by atoms with Crippen LogP contribution in [0, 0.1) is 5.82 Å². The van der Waals surface area contributed by atoms with Crippen molar-refractivity contribution in [3.8, 4) is 0 Å². The molecule has 2 aromatic carbocycles. The molecular weight excluding hydrogens is 319 g/mol. The average Bonchev–Trinajstić information content (AvgIpc) is 2.64. The molecule has 2 aromatic rings. The van der Waals surface area contributed by atoms with Crippen molar-refractivity contribution in [2.75, 3.05) is 25.1 Å². The van der Waals surface area contributed by atoms with Crippen LogP contribution in [0.1, 0.15) is 28.8 Å². The van der Waals surface area contributed by atoms with Gasteiger partial charge in [0.25, 0.3) is 5.91 Å². The molecule has 3 rings (SSSR count). The van der Waals surface area contributed by atoms with Crippen molar-refractivity contribution in [1.29, 1.82) is 0 Å². The molecule has 0 aliphatic carbocycles. The molecule has 132 valence electrons. The monoisotopic (exact) mass is 342 g/mol. The van der Waals surface area contributed by atoms with Crippen LogP contribution in [0.5, 0.6) is 0 Å². The Morgan fingerprint density at radius 3 is 2.48 bits per heavy atom. The number of nitrogens with zero attached hydrogens (tertiary/aromatic N) is 1. The number of nitrogens with one attached hydrogen (secondary N) is 1. The van der Waals surface area contributed by atoms with Crippen molar-refractivity contribution in [3.05, 3.63) is 65.5 Å². The summed E-state index contributed by atoms with van der Waals surface area (Å²) in [7, 11) is 1.65. The first-order valence-corrected chi connectivity index (χ1v) is 8.55. The van der Waals surface area contributed by atoms with Gasteiger partial charge in [-0.2, -0.15) is 0 Å². The summed E-state index contributed by atoms with van der Waals surface area (Å²) in [5, 5.41) is 3.08. The summed E-state index contributed by atoms with van der Waals surface area (Å²) < 4.78 is 18.9. The summed E-state index contributed by atoms with van der Waals surface area (Å²) in [6.45, 7) is 2.01. The van der Waals surface area contributed by atoms with Gasteiger partial charge in [0.1, 0.15) is 5.82 Å². The molecule has 0 spiro atoms. The molecule has 1 saturated heterocycles. The highest BCUT2D eigenvalue weighted by Gasteiger charge is 2.22. The molecular formula is C20H23FN2O2. The Morgan fingerprint density at radius 2 is 1.84 bits per heavy atom. The number of halogens is 1. The number of methoxy groups -OCH3 is 1. The van der Waals surface area contributed by atoms with Crippen LogP contribution >= 0.6 is 0 Å². The Balaban J connectivity index is 1.53. The fourth-order valence-electron chi connectivity index (χ4n) is 3.16. The summed E-state index contributed by atoms with van der Waals surface area (Å²) in [5.41, 5.74) is 2.33. The largest absolute Gasteiger partial charge is 0.380 e. The lowest BCUT2D eigenvalue weighted by molar-refractivity contribution is 0.0931. The number of piperidine rings is 1. The third kappa shape index (κ3) is 4.37. The van der Waals surface area contributed by atoms with Crippen LogP contribution in [0.4, 0.5) is 10.1 Å². The number of para-hydroxylation sites is 1. The van der Waals surface area contributed by atoms with E-state index in [1.165, 1.54) is 6.07 Å². The maximum Gasteiger partial charge on any atom is 0.251 e. The van der Waals surface area contributed by atoms with Gasteiger partial charge < -0.3 is 15.0 Å². The van der Waals surface area contributed by atoms with Crippen LogP contribution in [0.3, 0.4) is 0 Å². The van der Waals surface area contributed by atoms with Crippen LogP contribution in [0.25, 0.3) is 0 Å². The molecule has 5 heteroatoms. The van der Waals surface area contributed by atoms with Gasteiger partial charge in [-0.15, -0.1) is 0 Å². The zero-order valence-electron chi connectivity index (χ0n) is 14.4. The lowest BCUT2D eigenvalue weighted by Gasteiger charge is -2.34. The molecule has 1 aliphatic rings. The number of rotatable bonds is 5. The van der Waals surface area contributed by atoms with E-state index in [1.54, 1.807) is 19.2 Å². The Kier molecular flexibility index (Phi) is 5.66. The number of anilines is 1. The zero-order chi connectivity index (χ0) is 17.6. The molecule has 1 aliphatic heterocycles. The molecule has 0 saturated carbocycles. The molecule has 0 radical (unpaired) electrons. The highest BCUT2D eigenvalue weighted by molar-refractivity contribution is 5.94. The predicted octanol–water partition coefficient (Wildman–Crippen LogP) is 3.37.